The van der Waals surface area contributed by atoms with Crippen molar-refractivity contribution < 1.29 is 4.79 Å². The highest BCUT2D eigenvalue weighted by molar-refractivity contribution is 6.31. The van der Waals surface area contributed by atoms with Crippen molar-refractivity contribution in [3.05, 3.63) is 105 Å². The molecule has 0 aromatic heterocycles. The van der Waals surface area contributed by atoms with E-state index in [0.717, 1.165) is 36.3 Å². The molecule has 5 heteroatoms. The number of nitrogens with zero attached hydrogens (tertiary/aromatic N) is 3. The number of hydrazone groups is 1. The van der Waals surface area contributed by atoms with Crippen molar-refractivity contribution in [1.82, 2.24) is 9.91 Å². The maximum atomic E-state index is 13.6. The number of carbonyl (C=O) groups excluding carboxylic acids is 1. The highest BCUT2D eigenvalue weighted by atomic mass is 35.5. The molecule has 2 heterocycles. The zero-order chi connectivity index (χ0) is 22.9. The number of aryl methyl sites for hydroxylation is 2. The number of carbonyl (C=O) groups is 1. The van der Waals surface area contributed by atoms with Gasteiger partial charge in [-0.2, -0.15) is 5.10 Å². The lowest BCUT2D eigenvalue weighted by Gasteiger charge is -2.30. The molecule has 0 fully saturated rings. The van der Waals surface area contributed by atoms with Crippen LogP contribution in [-0.2, 0) is 17.8 Å². The Bertz CT molecular complexity index is 1240. The predicted octanol–water partition coefficient (Wildman–Crippen LogP) is 5.69. The first kappa shape index (κ1) is 21.9. The monoisotopic (exact) mass is 457 g/mol. The molecule has 0 spiro atoms. The maximum absolute atomic E-state index is 13.6. The Hall–Kier alpha value is -2.95. The van der Waals surface area contributed by atoms with E-state index >= 15 is 0 Å². The fraction of sp³-hybridized carbons (Fsp3) is 0.286. The number of hydrogen-bond acceptors (Lipinski definition) is 3. The molecule has 0 bridgehead atoms. The Morgan fingerprint density at radius 1 is 1.03 bits per heavy atom. The van der Waals surface area contributed by atoms with Crippen molar-refractivity contribution in [3.8, 4) is 0 Å². The van der Waals surface area contributed by atoms with Gasteiger partial charge in [0.15, 0.2) is 0 Å². The van der Waals surface area contributed by atoms with Crippen LogP contribution in [0.1, 0.15) is 45.8 Å². The van der Waals surface area contributed by atoms with Crippen molar-refractivity contribution in [3.63, 3.8) is 0 Å². The van der Waals surface area contributed by atoms with Crippen LogP contribution in [0.2, 0.25) is 5.02 Å². The molecule has 1 atom stereocenters. The van der Waals surface area contributed by atoms with E-state index in [9.17, 15) is 4.79 Å². The normalized spacial score (nSPS) is 18.2. The van der Waals surface area contributed by atoms with Crippen molar-refractivity contribution in [2.24, 2.45) is 5.10 Å². The molecule has 0 radical (unpaired) electrons. The van der Waals surface area contributed by atoms with Crippen molar-refractivity contribution in [1.29, 1.82) is 0 Å². The summed E-state index contributed by atoms with van der Waals surface area (Å²) in [4.78, 5) is 15.8. The van der Waals surface area contributed by atoms with Gasteiger partial charge in [-0.15, -0.1) is 0 Å². The molecule has 0 saturated heterocycles. The zero-order valence-corrected chi connectivity index (χ0v) is 19.8. The molecule has 2 aliphatic heterocycles. The van der Waals surface area contributed by atoms with Gasteiger partial charge in [0.2, 0.25) is 0 Å². The van der Waals surface area contributed by atoms with Crippen LogP contribution >= 0.6 is 11.6 Å². The molecule has 0 N–H and O–H groups in total. The summed E-state index contributed by atoms with van der Waals surface area (Å²) in [6.45, 7) is 6.19. The van der Waals surface area contributed by atoms with Gasteiger partial charge in [0.1, 0.15) is 0 Å². The van der Waals surface area contributed by atoms with Crippen LogP contribution < -0.4 is 0 Å². The first-order chi connectivity index (χ1) is 16.0. The lowest BCUT2D eigenvalue weighted by molar-refractivity contribution is -0.134. The van der Waals surface area contributed by atoms with Gasteiger partial charge in [-0.1, -0.05) is 71.8 Å². The van der Waals surface area contributed by atoms with Crippen molar-refractivity contribution in [2.75, 3.05) is 13.1 Å². The number of halogens is 1. The Morgan fingerprint density at radius 3 is 2.61 bits per heavy atom. The van der Waals surface area contributed by atoms with Crippen LogP contribution in [0.4, 0.5) is 0 Å². The second-order valence-electron chi connectivity index (χ2n) is 9.07. The van der Waals surface area contributed by atoms with E-state index in [-0.39, 0.29) is 11.9 Å². The summed E-state index contributed by atoms with van der Waals surface area (Å²) in [5.74, 6) is 0.0135. The minimum Gasteiger partial charge on any atom is -0.290 e. The first-order valence-corrected chi connectivity index (χ1v) is 11.9. The van der Waals surface area contributed by atoms with Crippen LogP contribution in [0.5, 0.6) is 0 Å². The van der Waals surface area contributed by atoms with Crippen LogP contribution in [0, 0.1) is 13.8 Å². The second kappa shape index (κ2) is 9.12. The van der Waals surface area contributed by atoms with Gasteiger partial charge in [-0.05, 0) is 54.7 Å². The van der Waals surface area contributed by atoms with Gasteiger partial charge in [0.25, 0.3) is 5.91 Å². The number of amides is 1. The van der Waals surface area contributed by atoms with E-state index in [1.807, 2.05) is 24.3 Å². The molecule has 3 aromatic rings. The van der Waals surface area contributed by atoms with Crippen molar-refractivity contribution in [2.45, 2.75) is 39.3 Å². The van der Waals surface area contributed by atoms with Gasteiger partial charge in [0.05, 0.1) is 18.3 Å². The third kappa shape index (κ3) is 4.46. The van der Waals surface area contributed by atoms with E-state index in [1.54, 1.807) is 5.01 Å². The summed E-state index contributed by atoms with van der Waals surface area (Å²) in [5, 5.41) is 7.23. The molecule has 5 rings (SSSR count). The molecule has 0 unspecified atom stereocenters. The third-order valence-corrected chi connectivity index (χ3v) is 7.05. The fourth-order valence-electron chi connectivity index (χ4n) is 4.89. The Morgan fingerprint density at radius 2 is 1.79 bits per heavy atom. The Balaban J connectivity index is 1.44. The third-order valence-electron chi connectivity index (χ3n) is 6.70. The first-order valence-electron chi connectivity index (χ1n) is 11.5. The smallest absolute Gasteiger partial charge is 0.257 e. The Labute approximate surface area is 200 Å². The summed E-state index contributed by atoms with van der Waals surface area (Å²) < 4.78 is 0. The van der Waals surface area contributed by atoms with E-state index in [4.69, 9.17) is 16.7 Å². The molecule has 4 nitrogen and oxygen atoms in total. The van der Waals surface area contributed by atoms with Crippen molar-refractivity contribution >= 4 is 23.2 Å². The summed E-state index contributed by atoms with van der Waals surface area (Å²) >= 11 is 6.57. The summed E-state index contributed by atoms with van der Waals surface area (Å²) in [6.07, 6.45) is 1.62. The van der Waals surface area contributed by atoms with E-state index in [1.165, 1.54) is 22.3 Å². The van der Waals surface area contributed by atoms with Crippen LogP contribution in [0.25, 0.3) is 0 Å². The average molecular weight is 458 g/mol. The molecule has 0 aliphatic carbocycles. The summed E-state index contributed by atoms with van der Waals surface area (Å²) in [7, 11) is 0. The fourth-order valence-corrected chi connectivity index (χ4v) is 5.15. The zero-order valence-electron chi connectivity index (χ0n) is 19.1. The van der Waals surface area contributed by atoms with Crippen LogP contribution in [-0.4, -0.2) is 34.6 Å². The second-order valence-corrected chi connectivity index (χ2v) is 9.48. The molecule has 0 saturated carbocycles. The molecule has 168 valence electrons. The standard InChI is InChI=1S/C28H28ClN3O/c1-19-11-12-20(2)24(15-19)26-16-27(23-9-5-6-10-25(23)29)32(30-26)28(33)18-31-14-13-21-7-3-4-8-22(21)17-31/h3-12,15,27H,13-14,16-18H2,1-2H3/t27-/m1/s1. The minimum absolute atomic E-state index is 0.0135. The molecular formula is C28H28ClN3O. The minimum atomic E-state index is -0.196. The quantitative estimate of drug-likeness (QED) is 0.504. The van der Waals surface area contributed by atoms with E-state index < -0.39 is 0 Å². The Kier molecular flexibility index (Phi) is 6.05. The number of benzene rings is 3. The van der Waals surface area contributed by atoms with Crippen LogP contribution in [0.3, 0.4) is 0 Å². The highest BCUT2D eigenvalue weighted by Crippen LogP contribution is 2.37. The van der Waals surface area contributed by atoms with Gasteiger partial charge in [-0.3, -0.25) is 9.69 Å². The lowest BCUT2D eigenvalue weighted by atomic mass is 9.95. The molecule has 1 amide bonds. The topological polar surface area (TPSA) is 35.9 Å². The largest absolute Gasteiger partial charge is 0.290 e. The molecule has 3 aromatic carbocycles. The lowest BCUT2D eigenvalue weighted by Crippen LogP contribution is -2.40. The molecular weight excluding hydrogens is 430 g/mol. The van der Waals surface area contributed by atoms with Gasteiger partial charge in [0, 0.05) is 30.1 Å². The summed E-state index contributed by atoms with van der Waals surface area (Å²) in [6, 6.07) is 22.5. The van der Waals surface area contributed by atoms with Gasteiger partial charge in [-0.25, -0.2) is 5.01 Å². The van der Waals surface area contributed by atoms with Gasteiger partial charge >= 0.3 is 0 Å². The highest BCUT2D eigenvalue weighted by Gasteiger charge is 2.35. The van der Waals surface area contributed by atoms with E-state index in [2.05, 4.69) is 61.2 Å². The molecule has 33 heavy (non-hydrogen) atoms. The van der Waals surface area contributed by atoms with Gasteiger partial charge < -0.3 is 0 Å². The predicted molar refractivity (Wildman–Crippen MR) is 134 cm³/mol. The molecule has 2 aliphatic rings. The number of hydrogen-bond donors (Lipinski definition) is 0. The SMILES string of the molecule is Cc1ccc(C)c(C2=NN(C(=O)CN3CCc4ccccc4C3)[C@@H](c3ccccc3Cl)C2)c1. The van der Waals surface area contributed by atoms with E-state index in [0.29, 0.717) is 18.0 Å². The maximum Gasteiger partial charge on any atom is 0.257 e. The summed E-state index contributed by atoms with van der Waals surface area (Å²) in [5.41, 5.74) is 8.03. The van der Waals surface area contributed by atoms with Crippen LogP contribution in [0.15, 0.2) is 71.8 Å². The average Bonchev–Trinajstić information content (AvgIpc) is 3.26. The number of fused-ring (bicyclic) bond motifs is 1. The number of rotatable bonds is 4.